The van der Waals surface area contributed by atoms with Crippen molar-refractivity contribution < 1.29 is 4.79 Å². The first-order valence-corrected chi connectivity index (χ1v) is 10.3. The van der Waals surface area contributed by atoms with Gasteiger partial charge in [0.25, 0.3) is 0 Å². The van der Waals surface area contributed by atoms with Gasteiger partial charge in [-0.2, -0.15) is 0 Å². The molecule has 1 amide bonds. The summed E-state index contributed by atoms with van der Waals surface area (Å²) in [4.78, 5) is 15.1. The molecule has 2 fully saturated rings. The average Bonchev–Trinajstić information content (AvgIpc) is 2.84. The van der Waals surface area contributed by atoms with Crippen LogP contribution in [0.4, 0.5) is 0 Å². The molecule has 0 spiro atoms. The lowest BCUT2D eigenvalue weighted by molar-refractivity contribution is -0.127. The number of piperidine rings is 1. The number of hydrogen-bond acceptors (Lipinski definition) is 2. The first-order chi connectivity index (χ1) is 11.7. The summed E-state index contributed by atoms with van der Waals surface area (Å²) in [6, 6.07) is 8.90. The van der Waals surface area contributed by atoms with E-state index in [1.165, 1.54) is 44.1 Å². The fraction of sp³-hybridized carbons (Fsp3) is 0.650. The number of carbonyl (C=O) groups excluding carboxylic acids is 1. The first kappa shape index (κ1) is 17.9. The minimum Gasteiger partial charge on any atom is -0.353 e. The van der Waals surface area contributed by atoms with Gasteiger partial charge in [0.05, 0.1) is 5.92 Å². The first-order valence-electron chi connectivity index (χ1n) is 9.48. The van der Waals surface area contributed by atoms with Crippen molar-refractivity contribution >= 4 is 21.8 Å². The minimum absolute atomic E-state index is 0.161. The molecular weight excluding hydrogens is 364 g/mol. The molecule has 24 heavy (non-hydrogen) atoms. The second-order valence-electron chi connectivity index (χ2n) is 7.40. The summed E-state index contributed by atoms with van der Waals surface area (Å²) in [6.07, 6.45) is 9.69. The van der Waals surface area contributed by atoms with E-state index in [2.05, 4.69) is 50.4 Å². The number of benzene rings is 1. The molecule has 3 nitrogen and oxygen atoms in total. The maximum atomic E-state index is 12.7. The fourth-order valence-corrected chi connectivity index (χ4v) is 4.50. The summed E-state index contributed by atoms with van der Waals surface area (Å²) in [5, 5.41) is 3.35. The van der Waals surface area contributed by atoms with Gasteiger partial charge in [0, 0.05) is 23.6 Å². The number of likely N-dealkylation sites (tertiary alicyclic amines) is 1. The summed E-state index contributed by atoms with van der Waals surface area (Å²) in [5.41, 5.74) is 1.31. The summed E-state index contributed by atoms with van der Waals surface area (Å²) in [5.74, 6) is 0.454. The normalized spacial score (nSPS) is 23.6. The highest BCUT2D eigenvalue weighted by molar-refractivity contribution is 9.10. The van der Waals surface area contributed by atoms with E-state index in [0.29, 0.717) is 11.9 Å². The molecule has 1 aliphatic heterocycles. The average molecular weight is 393 g/mol. The van der Waals surface area contributed by atoms with Gasteiger partial charge in [-0.1, -0.05) is 53.7 Å². The van der Waals surface area contributed by atoms with Gasteiger partial charge >= 0.3 is 0 Å². The molecule has 1 N–H and O–H groups in total. The van der Waals surface area contributed by atoms with E-state index in [0.717, 1.165) is 36.9 Å². The van der Waals surface area contributed by atoms with Crippen molar-refractivity contribution in [1.29, 1.82) is 0 Å². The molecule has 1 aromatic rings. The zero-order chi connectivity index (χ0) is 16.8. The quantitative estimate of drug-likeness (QED) is 0.764. The van der Waals surface area contributed by atoms with Gasteiger partial charge in [0.15, 0.2) is 0 Å². The molecule has 3 rings (SSSR count). The van der Waals surface area contributed by atoms with Crippen LogP contribution in [0.3, 0.4) is 0 Å². The molecule has 1 saturated heterocycles. The Labute approximate surface area is 154 Å². The smallest absolute Gasteiger partial charge is 0.224 e. The van der Waals surface area contributed by atoms with Crippen molar-refractivity contribution in [3.63, 3.8) is 0 Å². The molecule has 1 saturated carbocycles. The number of carbonyl (C=O) groups is 1. The summed E-state index contributed by atoms with van der Waals surface area (Å²) in [6.45, 7) is 2.93. The predicted molar refractivity (Wildman–Crippen MR) is 102 cm³/mol. The number of halogens is 1. The third-order valence-electron chi connectivity index (χ3n) is 5.37. The molecule has 0 bridgehead atoms. The van der Waals surface area contributed by atoms with Crippen molar-refractivity contribution in [2.45, 2.75) is 64.0 Å². The van der Waals surface area contributed by atoms with Gasteiger partial charge in [-0.15, -0.1) is 0 Å². The predicted octanol–water partition coefficient (Wildman–Crippen LogP) is 4.50. The number of hydrogen-bond donors (Lipinski definition) is 1. The van der Waals surface area contributed by atoms with E-state index in [1.54, 1.807) is 0 Å². The highest BCUT2D eigenvalue weighted by atomic mass is 79.9. The molecule has 1 heterocycles. The second-order valence-corrected chi connectivity index (χ2v) is 8.32. The zero-order valence-corrected chi connectivity index (χ0v) is 16.1. The van der Waals surface area contributed by atoms with Gasteiger partial charge in [-0.3, -0.25) is 9.69 Å². The van der Waals surface area contributed by atoms with Gasteiger partial charge in [-0.05, 0) is 49.9 Å². The van der Waals surface area contributed by atoms with Crippen LogP contribution in [-0.4, -0.2) is 29.9 Å². The lowest BCUT2D eigenvalue weighted by Gasteiger charge is -2.33. The summed E-state index contributed by atoms with van der Waals surface area (Å²) < 4.78 is 1.12. The molecule has 2 aliphatic rings. The number of nitrogens with zero attached hydrogens (tertiary/aromatic N) is 1. The number of amides is 1. The van der Waals surface area contributed by atoms with Crippen molar-refractivity contribution in [2.24, 2.45) is 5.92 Å². The summed E-state index contributed by atoms with van der Waals surface area (Å²) in [7, 11) is 0. The highest BCUT2D eigenvalue weighted by Crippen LogP contribution is 2.22. The third kappa shape index (κ3) is 5.32. The number of rotatable bonds is 4. The lowest BCUT2D eigenvalue weighted by Crippen LogP contribution is -2.45. The van der Waals surface area contributed by atoms with Crippen LogP contribution < -0.4 is 5.32 Å². The maximum Gasteiger partial charge on any atom is 0.224 e. The van der Waals surface area contributed by atoms with Crippen molar-refractivity contribution in [3.8, 4) is 0 Å². The van der Waals surface area contributed by atoms with Crippen molar-refractivity contribution in [2.75, 3.05) is 13.1 Å². The molecule has 1 atom stereocenters. The maximum absolute atomic E-state index is 12.7. The molecule has 0 radical (unpaired) electrons. The van der Waals surface area contributed by atoms with E-state index in [1.807, 2.05) is 0 Å². The van der Waals surface area contributed by atoms with Crippen LogP contribution in [0.1, 0.15) is 56.9 Å². The van der Waals surface area contributed by atoms with E-state index in [9.17, 15) is 4.79 Å². The molecule has 1 aromatic carbocycles. The van der Waals surface area contributed by atoms with Crippen LogP contribution in [0.15, 0.2) is 28.7 Å². The SMILES string of the molecule is O=C(NC1CCCCCC1)C1CCCN(Cc2cccc(Br)c2)C1. The molecule has 0 aromatic heterocycles. The van der Waals surface area contributed by atoms with Gasteiger partial charge < -0.3 is 5.32 Å². The van der Waals surface area contributed by atoms with E-state index < -0.39 is 0 Å². The van der Waals surface area contributed by atoms with Gasteiger partial charge in [0.2, 0.25) is 5.91 Å². The van der Waals surface area contributed by atoms with E-state index in [4.69, 9.17) is 0 Å². The molecule has 1 aliphatic carbocycles. The third-order valence-corrected chi connectivity index (χ3v) is 5.87. The van der Waals surface area contributed by atoms with Crippen molar-refractivity contribution in [1.82, 2.24) is 10.2 Å². The fourth-order valence-electron chi connectivity index (χ4n) is 4.05. The van der Waals surface area contributed by atoms with Crippen LogP contribution in [0, 0.1) is 5.92 Å². The van der Waals surface area contributed by atoms with E-state index >= 15 is 0 Å². The molecule has 1 unspecified atom stereocenters. The Bertz CT molecular complexity index is 540. The highest BCUT2D eigenvalue weighted by Gasteiger charge is 2.27. The monoisotopic (exact) mass is 392 g/mol. The largest absolute Gasteiger partial charge is 0.353 e. The lowest BCUT2D eigenvalue weighted by atomic mass is 9.95. The topological polar surface area (TPSA) is 32.3 Å². The Kier molecular flexibility index (Phi) is 6.73. The summed E-state index contributed by atoms with van der Waals surface area (Å²) >= 11 is 3.54. The van der Waals surface area contributed by atoms with Crippen molar-refractivity contribution in [3.05, 3.63) is 34.3 Å². The molecular formula is C20H29BrN2O. The Morgan fingerprint density at radius 3 is 2.67 bits per heavy atom. The van der Waals surface area contributed by atoms with E-state index in [-0.39, 0.29) is 5.92 Å². The molecule has 132 valence electrons. The standard InChI is InChI=1S/C20H29BrN2O/c21-18-9-5-7-16(13-18)14-23-12-6-8-17(15-23)20(24)22-19-10-3-1-2-4-11-19/h5,7,9,13,17,19H,1-4,6,8,10-12,14-15H2,(H,22,24). The van der Waals surface area contributed by atoms with Crippen LogP contribution in [0.5, 0.6) is 0 Å². The van der Waals surface area contributed by atoms with Gasteiger partial charge in [0.1, 0.15) is 0 Å². The Balaban J connectivity index is 1.51. The Hall–Kier alpha value is -0.870. The zero-order valence-electron chi connectivity index (χ0n) is 14.5. The van der Waals surface area contributed by atoms with Crippen LogP contribution in [0.25, 0.3) is 0 Å². The van der Waals surface area contributed by atoms with Crippen LogP contribution in [-0.2, 0) is 11.3 Å². The molecule has 4 heteroatoms. The number of nitrogens with one attached hydrogen (secondary N) is 1. The Morgan fingerprint density at radius 2 is 1.92 bits per heavy atom. The van der Waals surface area contributed by atoms with Crippen LogP contribution >= 0.6 is 15.9 Å². The minimum atomic E-state index is 0.161. The Morgan fingerprint density at radius 1 is 1.12 bits per heavy atom. The van der Waals surface area contributed by atoms with Crippen LogP contribution in [0.2, 0.25) is 0 Å². The second kappa shape index (κ2) is 9.00. The van der Waals surface area contributed by atoms with Gasteiger partial charge in [-0.25, -0.2) is 0 Å².